The standard InChI is InChI=1S/C17H9F4NO3/c18-11-4-5-13-9(6-11)7-14(25-16(13)24)15(23)22-12-3-1-2-10(8-12)17(19,20)21/h1-8H,(H,22,23). The van der Waals surface area contributed by atoms with E-state index in [0.717, 1.165) is 36.4 Å². The Balaban J connectivity index is 1.94. The predicted octanol–water partition coefficient (Wildman–Crippen LogP) is 4.20. The molecule has 1 heterocycles. The summed E-state index contributed by atoms with van der Waals surface area (Å²) < 4.78 is 56.2. The number of carbonyl (C=O) groups excluding carboxylic acids is 1. The molecule has 0 saturated carbocycles. The van der Waals surface area contributed by atoms with Crippen molar-refractivity contribution in [3.63, 3.8) is 0 Å². The first kappa shape index (κ1) is 16.7. The second kappa shape index (κ2) is 6.04. The molecule has 0 atom stereocenters. The number of hydrogen-bond acceptors (Lipinski definition) is 3. The van der Waals surface area contributed by atoms with Crippen LogP contribution in [0, 0.1) is 5.82 Å². The maximum atomic E-state index is 13.3. The van der Waals surface area contributed by atoms with E-state index in [-0.39, 0.29) is 16.5 Å². The Morgan fingerprint density at radius 2 is 1.80 bits per heavy atom. The van der Waals surface area contributed by atoms with Gasteiger partial charge in [-0.1, -0.05) is 6.07 Å². The molecule has 0 unspecified atom stereocenters. The quantitative estimate of drug-likeness (QED) is 0.704. The molecule has 1 N–H and O–H groups in total. The lowest BCUT2D eigenvalue weighted by Crippen LogP contribution is -2.15. The Morgan fingerprint density at radius 3 is 2.52 bits per heavy atom. The van der Waals surface area contributed by atoms with Crippen LogP contribution in [0.1, 0.15) is 16.1 Å². The van der Waals surface area contributed by atoms with Crippen LogP contribution in [-0.2, 0) is 6.18 Å². The number of rotatable bonds is 2. The summed E-state index contributed by atoms with van der Waals surface area (Å²) in [6, 6.07) is 8.46. The number of amides is 1. The normalized spacial score (nSPS) is 11.5. The molecule has 0 aliphatic heterocycles. The first-order valence-corrected chi connectivity index (χ1v) is 6.96. The van der Waals surface area contributed by atoms with E-state index in [1.807, 2.05) is 0 Å². The first-order valence-electron chi connectivity index (χ1n) is 6.96. The van der Waals surface area contributed by atoms with Gasteiger partial charge in [0.2, 0.25) is 0 Å². The fourth-order valence-corrected chi connectivity index (χ4v) is 2.24. The molecular formula is C17H9F4NO3. The maximum absolute atomic E-state index is 13.3. The van der Waals surface area contributed by atoms with Crippen LogP contribution in [0.25, 0.3) is 10.8 Å². The highest BCUT2D eigenvalue weighted by atomic mass is 19.4. The highest BCUT2D eigenvalue weighted by molar-refractivity contribution is 6.03. The molecule has 3 rings (SSSR count). The van der Waals surface area contributed by atoms with E-state index < -0.39 is 34.8 Å². The zero-order valence-corrected chi connectivity index (χ0v) is 12.4. The average molecular weight is 351 g/mol. The second-order valence-corrected chi connectivity index (χ2v) is 5.16. The molecule has 0 fully saturated rings. The van der Waals surface area contributed by atoms with Gasteiger partial charge in [0, 0.05) is 5.69 Å². The van der Waals surface area contributed by atoms with Gasteiger partial charge in [0.1, 0.15) is 5.82 Å². The van der Waals surface area contributed by atoms with Gasteiger partial charge in [-0.2, -0.15) is 13.2 Å². The Labute approximate surface area is 137 Å². The minimum Gasteiger partial charge on any atom is -0.417 e. The lowest BCUT2D eigenvalue weighted by atomic mass is 10.1. The molecular weight excluding hydrogens is 342 g/mol. The molecule has 0 saturated heterocycles. The van der Waals surface area contributed by atoms with Crippen molar-refractivity contribution in [2.45, 2.75) is 6.18 Å². The third kappa shape index (κ3) is 3.52. The largest absolute Gasteiger partial charge is 0.417 e. The SMILES string of the molecule is O=C(Nc1cccc(C(F)(F)F)c1)c1cc2cc(F)ccc2c(=O)o1. The maximum Gasteiger partial charge on any atom is 0.416 e. The summed E-state index contributed by atoms with van der Waals surface area (Å²) in [7, 11) is 0. The summed E-state index contributed by atoms with van der Waals surface area (Å²) in [6.45, 7) is 0. The van der Waals surface area contributed by atoms with E-state index >= 15 is 0 Å². The van der Waals surface area contributed by atoms with E-state index in [9.17, 15) is 27.2 Å². The van der Waals surface area contributed by atoms with Crippen molar-refractivity contribution in [1.29, 1.82) is 0 Å². The van der Waals surface area contributed by atoms with Gasteiger partial charge >= 0.3 is 11.8 Å². The van der Waals surface area contributed by atoms with Crippen LogP contribution in [0.2, 0.25) is 0 Å². The summed E-state index contributed by atoms with van der Waals surface area (Å²) >= 11 is 0. The van der Waals surface area contributed by atoms with Crippen LogP contribution < -0.4 is 10.9 Å². The molecule has 0 aliphatic carbocycles. The zero-order chi connectivity index (χ0) is 18.2. The van der Waals surface area contributed by atoms with E-state index in [2.05, 4.69) is 5.32 Å². The van der Waals surface area contributed by atoms with Crippen LogP contribution in [0.3, 0.4) is 0 Å². The van der Waals surface area contributed by atoms with Crippen LogP contribution >= 0.6 is 0 Å². The molecule has 0 radical (unpaired) electrons. The van der Waals surface area contributed by atoms with Crippen molar-refractivity contribution in [1.82, 2.24) is 0 Å². The third-order valence-corrected chi connectivity index (χ3v) is 3.39. The summed E-state index contributed by atoms with van der Waals surface area (Å²) in [6.07, 6.45) is -4.56. The lowest BCUT2D eigenvalue weighted by molar-refractivity contribution is -0.137. The molecule has 8 heteroatoms. The Bertz CT molecular complexity index is 1020. The second-order valence-electron chi connectivity index (χ2n) is 5.16. The smallest absolute Gasteiger partial charge is 0.416 e. The molecule has 128 valence electrons. The monoisotopic (exact) mass is 351 g/mol. The van der Waals surface area contributed by atoms with Crippen molar-refractivity contribution in [3.05, 3.63) is 76.1 Å². The molecule has 25 heavy (non-hydrogen) atoms. The summed E-state index contributed by atoms with van der Waals surface area (Å²) in [5.74, 6) is -1.98. The number of alkyl halides is 3. The van der Waals surface area contributed by atoms with Gasteiger partial charge in [-0.3, -0.25) is 4.79 Å². The molecule has 2 aromatic carbocycles. The van der Waals surface area contributed by atoms with Gasteiger partial charge in [-0.05, 0) is 47.9 Å². The Hall–Kier alpha value is -3.16. The molecule has 0 spiro atoms. The number of halogens is 4. The van der Waals surface area contributed by atoms with E-state index in [4.69, 9.17) is 4.42 Å². The van der Waals surface area contributed by atoms with Gasteiger partial charge in [0.15, 0.2) is 5.76 Å². The third-order valence-electron chi connectivity index (χ3n) is 3.39. The molecule has 4 nitrogen and oxygen atoms in total. The molecule has 0 bridgehead atoms. The number of hydrogen-bond donors (Lipinski definition) is 1. The van der Waals surface area contributed by atoms with Crippen LogP contribution in [0.4, 0.5) is 23.2 Å². The number of nitrogens with one attached hydrogen (secondary N) is 1. The van der Waals surface area contributed by atoms with Gasteiger partial charge in [-0.15, -0.1) is 0 Å². The number of benzene rings is 2. The highest BCUT2D eigenvalue weighted by Gasteiger charge is 2.30. The van der Waals surface area contributed by atoms with Gasteiger partial charge in [0.05, 0.1) is 10.9 Å². The average Bonchev–Trinajstić information content (AvgIpc) is 2.53. The van der Waals surface area contributed by atoms with E-state index in [1.54, 1.807) is 0 Å². The Morgan fingerprint density at radius 1 is 1.04 bits per heavy atom. The predicted molar refractivity (Wildman–Crippen MR) is 81.8 cm³/mol. The zero-order valence-electron chi connectivity index (χ0n) is 12.4. The first-order chi connectivity index (χ1) is 11.7. The summed E-state index contributed by atoms with van der Waals surface area (Å²) in [4.78, 5) is 24.0. The molecule has 0 aliphatic rings. The van der Waals surface area contributed by atoms with Crippen LogP contribution in [0.15, 0.2) is 57.7 Å². The highest BCUT2D eigenvalue weighted by Crippen LogP contribution is 2.30. The van der Waals surface area contributed by atoms with Gasteiger partial charge in [-0.25, -0.2) is 9.18 Å². The fraction of sp³-hybridized carbons (Fsp3) is 0.0588. The van der Waals surface area contributed by atoms with Crippen LogP contribution in [-0.4, -0.2) is 5.91 Å². The van der Waals surface area contributed by atoms with Gasteiger partial charge < -0.3 is 9.73 Å². The van der Waals surface area contributed by atoms with Crippen molar-refractivity contribution < 1.29 is 26.8 Å². The van der Waals surface area contributed by atoms with Crippen molar-refractivity contribution in [3.8, 4) is 0 Å². The van der Waals surface area contributed by atoms with Crippen LogP contribution in [0.5, 0.6) is 0 Å². The molecule has 1 amide bonds. The topological polar surface area (TPSA) is 59.3 Å². The fourth-order valence-electron chi connectivity index (χ4n) is 2.24. The number of carbonyl (C=O) groups is 1. The number of anilines is 1. The van der Waals surface area contributed by atoms with Crippen molar-refractivity contribution >= 4 is 22.4 Å². The Kier molecular flexibility index (Phi) is 4.03. The van der Waals surface area contributed by atoms with Crippen molar-refractivity contribution in [2.24, 2.45) is 0 Å². The molecule has 3 aromatic rings. The molecule has 1 aromatic heterocycles. The summed E-state index contributed by atoms with van der Waals surface area (Å²) in [5.41, 5.74) is -1.92. The minimum atomic E-state index is -4.56. The van der Waals surface area contributed by atoms with Gasteiger partial charge in [0.25, 0.3) is 5.91 Å². The summed E-state index contributed by atoms with van der Waals surface area (Å²) in [5, 5.41) is 2.44. The number of fused-ring (bicyclic) bond motifs is 1. The lowest BCUT2D eigenvalue weighted by Gasteiger charge is -2.09. The van der Waals surface area contributed by atoms with Crippen molar-refractivity contribution in [2.75, 3.05) is 5.32 Å². The van der Waals surface area contributed by atoms with E-state index in [0.29, 0.717) is 0 Å². The van der Waals surface area contributed by atoms with E-state index in [1.165, 1.54) is 12.1 Å². The minimum absolute atomic E-state index is 0.0806.